The Morgan fingerprint density at radius 3 is 2.31 bits per heavy atom. The van der Waals surface area contributed by atoms with E-state index in [1.165, 1.54) is 5.56 Å². The van der Waals surface area contributed by atoms with Gasteiger partial charge in [0.1, 0.15) is 36.9 Å². The van der Waals surface area contributed by atoms with Gasteiger partial charge >= 0.3 is 0 Å². The van der Waals surface area contributed by atoms with Gasteiger partial charge in [0.05, 0.1) is 13.2 Å². The molecule has 0 bridgehead atoms. The van der Waals surface area contributed by atoms with Crippen molar-refractivity contribution in [1.82, 2.24) is 0 Å². The minimum Gasteiger partial charge on any atom is -0.491 e. The fourth-order valence-corrected chi connectivity index (χ4v) is 2.48. The summed E-state index contributed by atoms with van der Waals surface area (Å²) in [4.78, 5) is 0. The average molecular weight is 356 g/mol. The van der Waals surface area contributed by atoms with Gasteiger partial charge in [-0.1, -0.05) is 38.6 Å². The van der Waals surface area contributed by atoms with Crippen LogP contribution in [-0.2, 0) is 19.6 Å². The van der Waals surface area contributed by atoms with Crippen LogP contribution >= 0.6 is 0 Å². The number of benzene rings is 1. The fraction of sp³-hybridized carbons (Fsp3) is 0.455. The second kappa shape index (κ2) is 8.11. The Hall–Kier alpha value is -2.04. The van der Waals surface area contributed by atoms with E-state index in [0.717, 1.165) is 30.3 Å². The summed E-state index contributed by atoms with van der Waals surface area (Å²) in [5.74, 6) is 1.71. The third-order valence-corrected chi connectivity index (χ3v) is 4.79. The Balaban J connectivity index is 1.57. The fourth-order valence-electron chi connectivity index (χ4n) is 2.48. The molecule has 0 radical (unpaired) electrons. The van der Waals surface area contributed by atoms with Crippen molar-refractivity contribution >= 4 is 0 Å². The zero-order valence-corrected chi connectivity index (χ0v) is 15.9. The molecule has 2 atom stereocenters. The Labute approximate surface area is 156 Å². The van der Waals surface area contributed by atoms with Crippen molar-refractivity contribution in [2.24, 2.45) is 0 Å². The summed E-state index contributed by atoms with van der Waals surface area (Å²) in [6.07, 6.45) is 6.47. The minimum absolute atomic E-state index is 0.187. The highest BCUT2D eigenvalue weighted by Gasteiger charge is 2.25. The molecule has 4 heteroatoms. The maximum atomic E-state index is 5.73. The van der Waals surface area contributed by atoms with E-state index in [9.17, 15) is 0 Å². The quantitative estimate of drug-likeness (QED) is 0.358. The van der Waals surface area contributed by atoms with Crippen LogP contribution in [0.2, 0.25) is 0 Å². The predicted molar refractivity (Wildman–Crippen MR) is 102 cm³/mol. The van der Waals surface area contributed by atoms with Gasteiger partial charge < -0.3 is 18.9 Å². The molecule has 2 unspecified atom stereocenters. The van der Waals surface area contributed by atoms with E-state index in [-0.39, 0.29) is 17.6 Å². The SMILES string of the molecule is C=C(/C=C\C(=C/C)OCC1CO1)C(C)(C)c1ccc(OCC2CO2)cc1. The van der Waals surface area contributed by atoms with Crippen LogP contribution in [0.3, 0.4) is 0 Å². The van der Waals surface area contributed by atoms with Crippen LogP contribution < -0.4 is 4.74 Å². The number of hydrogen-bond donors (Lipinski definition) is 0. The highest BCUT2D eigenvalue weighted by Crippen LogP contribution is 2.32. The zero-order chi connectivity index (χ0) is 18.6. The largest absolute Gasteiger partial charge is 0.491 e. The number of rotatable bonds is 10. The van der Waals surface area contributed by atoms with Gasteiger partial charge in [-0.2, -0.15) is 0 Å². The van der Waals surface area contributed by atoms with Gasteiger partial charge in [0.2, 0.25) is 0 Å². The standard InChI is InChI=1S/C22H28O4/c1-5-18(23-12-20-14-25-20)9-6-16(2)22(3,4)17-7-10-19(11-8-17)24-13-21-15-26-21/h5-11,20-21H,2,12-15H2,1,3-4H3/b9-6-,18-5+. The van der Waals surface area contributed by atoms with E-state index in [0.29, 0.717) is 13.2 Å². The third-order valence-electron chi connectivity index (χ3n) is 4.79. The van der Waals surface area contributed by atoms with Gasteiger partial charge in [0.15, 0.2) is 0 Å². The lowest BCUT2D eigenvalue weighted by molar-refractivity contribution is 0.192. The molecule has 2 heterocycles. The highest BCUT2D eigenvalue weighted by atomic mass is 16.6. The van der Waals surface area contributed by atoms with Gasteiger partial charge in [0, 0.05) is 5.41 Å². The summed E-state index contributed by atoms with van der Waals surface area (Å²) in [5.41, 5.74) is 2.02. The molecule has 2 aliphatic heterocycles. The zero-order valence-electron chi connectivity index (χ0n) is 15.9. The Morgan fingerprint density at radius 1 is 1.12 bits per heavy atom. The molecule has 0 amide bonds. The van der Waals surface area contributed by atoms with Crippen LogP contribution in [0.1, 0.15) is 26.3 Å². The van der Waals surface area contributed by atoms with Crippen molar-refractivity contribution < 1.29 is 18.9 Å². The maximum absolute atomic E-state index is 5.73. The van der Waals surface area contributed by atoms with Crippen LogP contribution in [0.25, 0.3) is 0 Å². The van der Waals surface area contributed by atoms with Crippen LogP contribution in [0.15, 0.2) is 60.4 Å². The molecule has 2 saturated heterocycles. The van der Waals surface area contributed by atoms with Crippen LogP contribution in [0, 0.1) is 0 Å². The average Bonchev–Trinajstić information content (AvgIpc) is 3.55. The van der Waals surface area contributed by atoms with Crippen molar-refractivity contribution in [3.05, 3.63) is 66.0 Å². The van der Waals surface area contributed by atoms with Gasteiger partial charge in [-0.15, -0.1) is 0 Å². The third kappa shape index (κ3) is 5.23. The van der Waals surface area contributed by atoms with Crippen molar-refractivity contribution in [3.8, 4) is 5.75 Å². The Kier molecular flexibility index (Phi) is 5.84. The van der Waals surface area contributed by atoms with Crippen LogP contribution in [0.5, 0.6) is 5.75 Å². The second-order valence-corrected chi connectivity index (χ2v) is 7.23. The van der Waals surface area contributed by atoms with Gasteiger partial charge in [-0.3, -0.25) is 0 Å². The first-order chi connectivity index (χ1) is 12.5. The molecular weight excluding hydrogens is 328 g/mol. The first kappa shape index (κ1) is 18.7. The van der Waals surface area contributed by atoms with E-state index in [1.807, 2.05) is 37.3 Å². The predicted octanol–water partition coefficient (Wildman–Crippen LogP) is 4.17. The first-order valence-electron chi connectivity index (χ1n) is 9.12. The van der Waals surface area contributed by atoms with Gasteiger partial charge in [0.25, 0.3) is 0 Å². The minimum atomic E-state index is -0.187. The van der Waals surface area contributed by atoms with Crippen LogP contribution in [-0.4, -0.2) is 38.6 Å². The van der Waals surface area contributed by atoms with Gasteiger partial charge in [-0.25, -0.2) is 0 Å². The molecule has 26 heavy (non-hydrogen) atoms. The first-order valence-corrected chi connectivity index (χ1v) is 9.12. The lowest BCUT2D eigenvalue weighted by atomic mass is 9.78. The maximum Gasteiger partial charge on any atom is 0.119 e. The topological polar surface area (TPSA) is 43.5 Å². The smallest absolute Gasteiger partial charge is 0.119 e. The van der Waals surface area contributed by atoms with Crippen molar-refractivity contribution in [2.45, 2.75) is 38.4 Å². The lowest BCUT2D eigenvalue weighted by Crippen LogP contribution is -2.18. The summed E-state index contributed by atoms with van der Waals surface area (Å²) in [6.45, 7) is 13.4. The molecular formula is C22H28O4. The summed E-state index contributed by atoms with van der Waals surface area (Å²) in [6, 6.07) is 8.21. The van der Waals surface area contributed by atoms with E-state index in [2.05, 4.69) is 32.6 Å². The molecule has 0 spiro atoms. The van der Waals surface area contributed by atoms with Gasteiger partial charge in [-0.05, 0) is 42.3 Å². The molecule has 140 valence electrons. The lowest BCUT2D eigenvalue weighted by Gasteiger charge is -2.26. The molecule has 0 N–H and O–H groups in total. The summed E-state index contributed by atoms with van der Waals surface area (Å²) in [5, 5.41) is 0. The number of allylic oxidation sites excluding steroid dienone is 4. The summed E-state index contributed by atoms with van der Waals surface area (Å²) in [7, 11) is 0. The highest BCUT2D eigenvalue weighted by molar-refractivity contribution is 5.41. The Bertz CT molecular complexity index is 677. The molecule has 2 aliphatic rings. The van der Waals surface area contributed by atoms with Crippen molar-refractivity contribution in [2.75, 3.05) is 26.4 Å². The summed E-state index contributed by atoms with van der Waals surface area (Å²) >= 11 is 0. The molecule has 4 nitrogen and oxygen atoms in total. The molecule has 0 saturated carbocycles. The van der Waals surface area contributed by atoms with E-state index in [4.69, 9.17) is 18.9 Å². The molecule has 1 aromatic rings. The normalized spacial score (nSPS) is 22.3. The monoisotopic (exact) mass is 356 g/mol. The number of ether oxygens (including phenoxy) is 4. The van der Waals surface area contributed by atoms with Crippen molar-refractivity contribution in [1.29, 1.82) is 0 Å². The molecule has 0 aliphatic carbocycles. The molecule has 1 aromatic carbocycles. The van der Waals surface area contributed by atoms with E-state index in [1.54, 1.807) is 0 Å². The van der Waals surface area contributed by atoms with Crippen molar-refractivity contribution in [3.63, 3.8) is 0 Å². The number of epoxide rings is 2. The molecule has 2 fully saturated rings. The molecule has 0 aromatic heterocycles. The number of hydrogen-bond acceptors (Lipinski definition) is 4. The van der Waals surface area contributed by atoms with E-state index < -0.39 is 0 Å². The molecule has 3 rings (SSSR count). The second-order valence-electron chi connectivity index (χ2n) is 7.23. The summed E-state index contributed by atoms with van der Waals surface area (Å²) < 4.78 is 21.8. The Morgan fingerprint density at radius 2 is 1.73 bits per heavy atom. The van der Waals surface area contributed by atoms with Crippen LogP contribution in [0.4, 0.5) is 0 Å². The van der Waals surface area contributed by atoms with E-state index >= 15 is 0 Å².